The molecule has 1 N–H and O–H groups in total. The Morgan fingerprint density at radius 3 is 2.95 bits per heavy atom. The lowest BCUT2D eigenvalue weighted by molar-refractivity contribution is 0.0701. The minimum atomic E-state index is -0.946. The van der Waals surface area contributed by atoms with E-state index in [0.29, 0.717) is 10.0 Å². The molecule has 0 bridgehead atoms. The number of hydrogen-bond donors (Lipinski definition) is 1. The van der Waals surface area contributed by atoms with Crippen molar-refractivity contribution in [2.45, 2.75) is 16.2 Å². The fourth-order valence-corrected chi connectivity index (χ4v) is 4.17. The Morgan fingerprint density at radius 1 is 1.43 bits per heavy atom. The van der Waals surface area contributed by atoms with Gasteiger partial charge in [0.2, 0.25) is 0 Å². The summed E-state index contributed by atoms with van der Waals surface area (Å²) < 4.78 is 1.55. The largest absolute Gasteiger partial charge is 0.477 e. The van der Waals surface area contributed by atoms with Gasteiger partial charge in [0.1, 0.15) is 10.4 Å². The van der Waals surface area contributed by atoms with E-state index in [0.717, 1.165) is 20.4 Å². The summed E-state index contributed by atoms with van der Waals surface area (Å²) in [6.07, 6.45) is 3.42. The number of aromatic carboxylic acids is 1. The number of nitrogens with zero attached hydrogens (tertiary/aromatic N) is 3. The van der Waals surface area contributed by atoms with Crippen LogP contribution in [0.5, 0.6) is 0 Å². The average Bonchev–Trinajstić information content (AvgIpc) is 2.79. The summed E-state index contributed by atoms with van der Waals surface area (Å²) in [6, 6.07) is 3.74. The van der Waals surface area contributed by atoms with Gasteiger partial charge in [-0.25, -0.2) is 9.78 Å². The molecule has 0 atom stereocenters. The van der Waals surface area contributed by atoms with Crippen LogP contribution in [0.3, 0.4) is 0 Å². The molecular formula is C13H8BrN3O2S2. The molecule has 5 nitrogen and oxygen atoms in total. The summed E-state index contributed by atoms with van der Waals surface area (Å²) in [4.78, 5) is 25.2. The molecular weight excluding hydrogens is 374 g/mol. The molecule has 21 heavy (non-hydrogen) atoms. The van der Waals surface area contributed by atoms with Crippen LogP contribution in [0.2, 0.25) is 0 Å². The average molecular weight is 382 g/mol. The zero-order chi connectivity index (χ0) is 15.0. The molecule has 0 aromatic carbocycles. The van der Waals surface area contributed by atoms with E-state index < -0.39 is 5.97 Å². The molecule has 3 aromatic heterocycles. The number of fused-ring (bicyclic) bond motifs is 1. The Morgan fingerprint density at radius 2 is 2.24 bits per heavy atom. The third-order valence-corrected chi connectivity index (χ3v) is 5.36. The first-order valence-corrected chi connectivity index (χ1v) is 8.26. The van der Waals surface area contributed by atoms with Gasteiger partial charge in [-0.15, -0.1) is 11.3 Å². The maximum Gasteiger partial charge on any atom is 0.347 e. The number of carboxylic acids is 1. The van der Waals surface area contributed by atoms with Crippen LogP contribution in [0.4, 0.5) is 0 Å². The highest BCUT2D eigenvalue weighted by atomic mass is 79.9. The van der Waals surface area contributed by atoms with Crippen LogP contribution < -0.4 is 0 Å². The first-order valence-electron chi connectivity index (χ1n) is 5.83. The van der Waals surface area contributed by atoms with Crippen molar-refractivity contribution in [1.29, 1.82) is 0 Å². The van der Waals surface area contributed by atoms with E-state index in [9.17, 15) is 4.79 Å². The van der Waals surface area contributed by atoms with Crippen molar-refractivity contribution >= 4 is 56.0 Å². The molecule has 106 valence electrons. The third kappa shape index (κ3) is 2.92. The molecule has 0 saturated carbocycles. The lowest BCUT2D eigenvalue weighted by Gasteiger charge is -2.02. The Kier molecular flexibility index (Phi) is 3.92. The monoisotopic (exact) mass is 381 g/mol. The van der Waals surface area contributed by atoms with Gasteiger partial charge in [-0.3, -0.25) is 9.97 Å². The highest BCUT2D eigenvalue weighted by molar-refractivity contribution is 9.10. The molecule has 3 aromatic rings. The minimum Gasteiger partial charge on any atom is -0.477 e. The molecule has 0 radical (unpaired) electrons. The second-order valence-electron chi connectivity index (χ2n) is 4.13. The van der Waals surface area contributed by atoms with Crippen LogP contribution in [0.25, 0.3) is 11.0 Å². The quantitative estimate of drug-likeness (QED) is 0.738. The number of carboxylic acid groups (broad SMARTS) is 1. The van der Waals surface area contributed by atoms with Gasteiger partial charge in [0.05, 0.1) is 11.2 Å². The third-order valence-electron chi connectivity index (χ3n) is 2.68. The number of aromatic nitrogens is 3. The number of hydrogen-bond acceptors (Lipinski definition) is 6. The van der Waals surface area contributed by atoms with Gasteiger partial charge in [0, 0.05) is 21.8 Å². The maximum atomic E-state index is 11.1. The normalized spacial score (nSPS) is 11.0. The topological polar surface area (TPSA) is 76.0 Å². The Bertz CT molecular complexity index is 851. The van der Waals surface area contributed by atoms with Crippen LogP contribution in [-0.4, -0.2) is 26.0 Å². The van der Waals surface area contributed by atoms with E-state index >= 15 is 0 Å². The summed E-state index contributed by atoms with van der Waals surface area (Å²) >= 11 is 5.94. The van der Waals surface area contributed by atoms with Crippen molar-refractivity contribution in [2.75, 3.05) is 0 Å². The number of halogens is 1. The highest BCUT2D eigenvalue weighted by Crippen LogP contribution is 2.35. The Balaban J connectivity index is 2.02. The SMILES string of the molecule is Cc1nc(Sc2ccnc3cc(Br)cnc23)sc1C(=O)O. The highest BCUT2D eigenvalue weighted by Gasteiger charge is 2.16. The zero-order valence-electron chi connectivity index (χ0n) is 10.7. The fraction of sp³-hybridized carbons (Fsp3) is 0.0769. The standard InChI is InChI=1S/C13H8BrN3O2S2/c1-6-11(12(18)19)21-13(17-6)20-9-2-3-15-8-4-7(14)5-16-10(8)9/h2-5H,1H3,(H,18,19). The predicted molar refractivity (Wildman–Crippen MR) is 85.2 cm³/mol. The maximum absolute atomic E-state index is 11.1. The Hall–Kier alpha value is -1.51. The van der Waals surface area contributed by atoms with Crippen molar-refractivity contribution in [1.82, 2.24) is 15.0 Å². The van der Waals surface area contributed by atoms with Crippen molar-refractivity contribution < 1.29 is 9.90 Å². The van der Waals surface area contributed by atoms with Gasteiger partial charge in [0.25, 0.3) is 0 Å². The van der Waals surface area contributed by atoms with E-state index in [-0.39, 0.29) is 4.88 Å². The zero-order valence-corrected chi connectivity index (χ0v) is 13.9. The van der Waals surface area contributed by atoms with Gasteiger partial charge in [-0.2, -0.15) is 0 Å². The molecule has 0 spiro atoms. The molecule has 3 heterocycles. The fourth-order valence-electron chi connectivity index (χ4n) is 1.77. The molecule has 8 heteroatoms. The van der Waals surface area contributed by atoms with E-state index in [1.807, 2.05) is 12.1 Å². The second kappa shape index (κ2) is 5.70. The van der Waals surface area contributed by atoms with Crippen LogP contribution in [0, 0.1) is 6.92 Å². The first kappa shape index (κ1) is 14.4. The smallest absolute Gasteiger partial charge is 0.347 e. The number of thiazole rings is 1. The van der Waals surface area contributed by atoms with Crippen LogP contribution in [0.1, 0.15) is 15.4 Å². The summed E-state index contributed by atoms with van der Waals surface area (Å²) in [6.45, 7) is 1.70. The van der Waals surface area contributed by atoms with Crippen molar-refractivity contribution in [3.05, 3.63) is 39.6 Å². The number of aryl methyl sites for hydroxylation is 1. The molecule has 0 unspecified atom stereocenters. The van der Waals surface area contributed by atoms with Crippen molar-refractivity contribution in [3.63, 3.8) is 0 Å². The minimum absolute atomic E-state index is 0.270. The van der Waals surface area contributed by atoms with Gasteiger partial charge < -0.3 is 5.11 Å². The summed E-state index contributed by atoms with van der Waals surface area (Å²) in [7, 11) is 0. The Labute approximate surface area is 136 Å². The molecule has 0 saturated heterocycles. The van der Waals surface area contributed by atoms with E-state index in [2.05, 4.69) is 30.9 Å². The molecule has 0 aliphatic heterocycles. The predicted octanol–water partition coefficient (Wildman–Crippen LogP) is 4.01. The van der Waals surface area contributed by atoms with E-state index in [1.165, 1.54) is 23.1 Å². The van der Waals surface area contributed by atoms with Crippen molar-refractivity contribution in [2.24, 2.45) is 0 Å². The summed E-state index contributed by atoms with van der Waals surface area (Å²) in [5, 5.41) is 9.08. The summed E-state index contributed by atoms with van der Waals surface area (Å²) in [5.41, 5.74) is 2.08. The number of rotatable bonds is 3. The lowest BCUT2D eigenvalue weighted by atomic mass is 10.3. The van der Waals surface area contributed by atoms with Crippen molar-refractivity contribution in [3.8, 4) is 0 Å². The first-order chi connectivity index (χ1) is 10.0. The van der Waals surface area contributed by atoms with Crippen LogP contribution in [0.15, 0.2) is 38.2 Å². The van der Waals surface area contributed by atoms with E-state index in [4.69, 9.17) is 5.11 Å². The molecule has 3 rings (SSSR count). The molecule has 0 amide bonds. The van der Waals surface area contributed by atoms with Gasteiger partial charge in [0.15, 0.2) is 4.34 Å². The second-order valence-corrected chi connectivity index (χ2v) is 7.34. The summed E-state index contributed by atoms with van der Waals surface area (Å²) in [5.74, 6) is -0.946. The molecule has 0 aliphatic rings. The number of carbonyl (C=O) groups is 1. The van der Waals surface area contributed by atoms with Gasteiger partial charge >= 0.3 is 5.97 Å². The van der Waals surface area contributed by atoms with Crippen LogP contribution >= 0.6 is 39.0 Å². The number of pyridine rings is 2. The lowest BCUT2D eigenvalue weighted by Crippen LogP contribution is -1.94. The van der Waals surface area contributed by atoms with Gasteiger partial charge in [-0.05, 0) is 35.0 Å². The molecule has 0 aliphatic carbocycles. The van der Waals surface area contributed by atoms with Crippen LogP contribution in [-0.2, 0) is 0 Å². The van der Waals surface area contributed by atoms with Gasteiger partial charge in [-0.1, -0.05) is 11.8 Å². The van der Waals surface area contributed by atoms with E-state index in [1.54, 1.807) is 19.3 Å². The molecule has 0 fully saturated rings.